The predicted octanol–water partition coefficient (Wildman–Crippen LogP) is 2.03. The van der Waals surface area contributed by atoms with Gasteiger partial charge in [0.15, 0.2) is 0 Å². The first-order valence-corrected chi connectivity index (χ1v) is 6.74. The van der Waals surface area contributed by atoms with Crippen LogP contribution in [-0.4, -0.2) is 35.0 Å². The third-order valence-electron chi connectivity index (χ3n) is 2.78. The van der Waals surface area contributed by atoms with Crippen molar-refractivity contribution < 1.29 is 26.9 Å². The van der Waals surface area contributed by atoms with Gasteiger partial charge in [0.1, 0.15) is 0 Å². The zero-order valence-corrected chi connectivity index (χ0v) is 10.3. The van der Waals surface area contributed by atoms with Gasteiger partial charge in [-0.25, -0.2) is 0 Å². The Morgan fingerprint density at radius 2 is 2.00 bits per heavy atom. The summed E-state index contributed by atoms with van der Waals surface area (Å²) in [4.78, 5) is 11.1. The molecular formula is C10H15F3O3S. The van der Waals surface area contributed by atoms with Crippen molar-refractivity contribution in [3.63, 3.8) is 0 Å². The summed E-state index contributed by atoms with van der Waals surface area (Å²) in [5.41, 5.74) is -0.371. The third-order valence-corrected chi connectivity index (χ3v) is 4.38. The lowest BCUT2D eigenvalue weighted by atomic mass is 10.1. The summed E-state index contributed by atoms with van der Waals surface area (Å²) in [6.45, 7) is 0. The van der Waals surface area contributed by atoms with E-state index in [2.05, 4.69) is 4.74 Å². The summed E-state index contributed by atoms with van der Waals surface area (Å²) < 4.78 is 51.7. The van der Waals surface area contributed by atoms with Crippen LogP contribution in [0.25, 0.3) is 0 Å². The molecule has 1 fully saturated rings. The van der Waals surface area contributed by atoms with Crippen molar-refractivity contribution >= 4 is 16.8 Å². The van der Waals surface area contributed by atoms with Crippen LogP contribution in [0.1, 0.15) is 25.7 Å². The average Bonchev–Trinajstić information content (AvgIpc) is 2.93. The molecule has 17 heavy (non-hydrogen) atoms. The summed E-state index contributed by atoms with van der Waals surface area (Å²) in [6.07, 6.45) is -3.68. The molecule has 7 heteroatoms. The van der Waals surface area contributed by atoms with E-state index in [1.807, 2.05) is 0 Å². The number of esters is 1. The third kappa shape index (κ3) is 5.52. The molecule has 1 aliphatic rings. The second kappa shape index (κ2) is 5.37. The van der Waals surface area contributed by atoms with Gasteiger partial charge in [-0.2, -0.15) is 13.2 Å². The van der Waals surface area contributed by atoms with Gasteiger partial charge in [0.05, 0.1) is 20.0 Å². The summed E-state index contributed by atoms with van der Waals surface area (Å²) in [5.74, 6) is -0.611. The van der Waals surface area contributed by atoms with E-state index in [0.29, 0.717) is 0 Å². The molecule has 0 spiro atoms. The number of carbonyl (C=O) groups excluding carboxylic acids is 1. The van der Waals surface area contributed by atoms with Gasteiger partial charge in [-0.05, 0) is 18.3 Å². The normalized spacial score (nSPS) is 19.8. The Labute approximate surface area is 100 Å². The van der Waals surface area contributed by atoms with Crippen LogP contribution in [0, 0.1) is 5.41 Å². The lowest BCUT2D eigenvalue weighted by Crippen LogP contribution is -2.21. The molecule has 1 atom stereocenters. The number of alkyl halides is 3. The Morgan fingerprint density at radius 1 is 1.41 bits per heavy atom. The number of ether oxygens (including phenoxy) is 1. The number of hydrogen-bond donors (Lipinski definition) is 0. The van der Waals surface area contributed by atoms with Crippen molar-refractivity contribution in [1.29, 1.82) is 0 Å². The number of halogens is 3. The average molecular weight is 272 g/mol. The molecule has 1 aliphatic carbocycles. The zero-order chi connectivity index (χ0) is 13.1. The Hall–Kier alpha value is -0.590. The molecule has 0 radical (unpaired) electrons. The summed E-state index contributed by atoms with van der Waals surface area (Å²) in [6, 6.07) is 0. The van der Waals surface area contributed by atoms with Crippen molar-refractivity contribution in [3.8, 4) is 0 Å². The van der Waals surface area contributed by atoms with Crippen molar-refractivity contribution in [2.45, 2.75) is 31.9 Å². The van der Waals surface area contributed by atoms with Gasteiger partial charge >= 0.3 is 12.1 Å². The van der Waals surface area contributed by atoms with E-state index in [-0.39, 0.29) is 23.3 Å². The van der Waals surface area contributed by atoms with Gasteiger partial charge in [0, 0.05) is 22.3 Å². The van der Waals surface area contributed by atoms with Crippen molar-refractivity contribution in [3.05, 3.63) is 0 Å². The highest BCUT2D eigenvalue weighted by Crippen LogP contribution is 2.49. The highest BCUT2D eigenvalue weighted by molar-refractivity contribution is 7.85. The van der Waals surface area contributed by atoms with Crippen LogP contribution in [0.5, 0.6) is 0 Å². The van der Waals surface area contributed by atoms with E-state index in [1.54, 1.807) is 0 Å². The topological polar surface area (TPSA) is 43.4 Å². The minimum absolute atomic E-state index is 0.154. The number of hydrogen-bond acceptors (Lipinski definition) is 3. The fraction of sp³-hybridized carbons (Fsp3) is 0.900. The Balaban J connectivity index is 2.33. The molecule has 0 aromatic rings. The standard InChI is InChI=1S/C10H15F3O3S/c1-16-8(14)6-9(2-3-9)7-17(15)5-4-10(11,12)13/h2-7H2,1H3. The maximum atomic E-state index is 11.9. The quantitative estimate of drug-likeness (QED) is 0.695. The van der Waals surface area contributed by atoms with Crippen molar-refractivity contribution in [1.82, 2.24) is 0 Å². The van der Waals surface area contributed by atoms with Crippen LogP contribution >= 0.6 is 0 Å². The van der Waals surface area contributed by atoms with Gasteiger partial charge in [-0.15, -0.1) is 0 Å². The molecule has 0 aromatic heterocycles. The van der Waals surface area contributed by atoms with Gasteiger partial charge < -0.3 is 4.74 Å². The molecule has 1 rings (SSSR count). The predicted molar refractivity (Wildman–Crippen MR) is 56.8 cm³/mol. The van der Waals surface area contributed by atoms with E-state index in [4.69, 9.17) is 0 Å². The van der Waals surface area contributed by atoms with Gasteiger partial charge in [-0.3, -0.25) is 9.00 Å². The fourth-order valence-corrected chi connectivity index (χ4v) is 3.25. The second-order valence-corrected chi connectivity index (χ2v) is 5.98. The molecular weight excluding hydrogens is 257 g/mol. The maximum absolute atomic E-state index is 11.9. The van der Waals surface area contributed by atoms with Crippen LogP contribution in [-0.2, 0) is 20.3 Å². The molecule has 3 nitrogen and oxygen atoms in total. The first-order chi connectivity index (χ1) is 7.76. The smallest absolute Gasteiger partial charge is 0.390 e. The van der Waals surface area contributed by atoms with Gasteiger partial charge in [0.2, 0.25) is 0 Å². The zero-order valence-electron chi connectivity index (χ0n) is 9.51. The van der Waals surface area contributed by atoms with E-state index in [0.717, 1.165) is 12.8 Å². The van der Waals surface area contributed by atoms with E-state index < -0.39 is 29.4 Å². The van der Waals surface area contributed by atoms with Crippen LogP contribution in [0.2, 0.25) is 0 Å². The highest BCUT2D eigenvalue weighted by Gasteiger charge is 2.46. The lowest BCUT2D eigenvalue weighted by molar-refractivity contribution is -0.141. The van der Waals surface area contributed by atoms with E-state index in [9.17, 15) is 22.2 Å². The molecule has 0 amide bonds. The van der Waals surface area contributed by atoms with Crippen LogP contribution < -0.4 is 0 Å². The molecule has 1 unspecified atom stereocenters. The number of carbonyl (C=O) groups is 1. The van der Waals surface area contributed by atoms with Crippen molar-refractivity contribution in [2.24, 2.45) is 5.41 Å². The molecule has 0 aliphatic heterocycles. The Morgan fingerprint density at radius 3 is 2.41 bits per heavy atom. The maximum Gasteiger partial charge on any atom is 0.390 e. The molecule has 0 bridgehead atoms. The molecule has 0 saturated heterocycles. The van der Waals surface area contributed by atoms with Crippen LogP contribution in [0.4, 0.5) is 13.2 Å². The molecule has 0 N–H and O–H groups in total. The monoisotopic (exact) mass is 272 g/mol. The molecule has 0 heterocycles. The fourth-order valence-electron chi connectivity index (χ4n) is 1.57. The molecule has 0 aromatic carbocycles. The Kier molecular flexibility index (Phi) is 4.57. The summed E-state index contributed by atoms with van der Waals surface area (Å²) in [7, 11) is -0.257. The van der Waals surface area contributed by atoms with E-state index in [1.165, 1.54) is 7.11 Å². The van der Waals surface area contributed by atoms with E-state index >= 15 is 0 Å². The van der Waals surface area contributed by atoms with Gasteiger partial charge in [0.25, 0.3) is 0 Å². The van der Waals surface area contributed by atoms with Crippen molar-refractivity contribution in [2.75, 3.05) is 18.6 Å². The number of methoxy groups -OCH3 is 1. The lowest BCUT2D eigenvalue weighted by Gasteiger charge is -2.13. The summed E-state index contributed by atoms with van der Waals surface area (Å²) >= 11 is 0. The Bertz CT molecular complexity index is 310. The van der Waals surface area contributed by atoms with Gasteiger partial charge in [-0.1, -0.05) is 0 Å². The first-order valence-electron chi connectivity index (χ1n) is 5.25. The highest BCUT2D eigenvalue weighted by atomic mass is 32.2. The number of rotatable bonds is 6. The summed E-state index contributed by atoms with van der Waals surface area (Å²) in [5, 5.41) is 0. The second-order valence-electron chi connectivity index (χ2n) is 4.41. The van der Waals surface area contributed by atoms with Crippen LogP contribution in [0.15, 0.2) is 0 Å². The largest absolute Gasteiger partial charge is 0.469 e. The molecule has 1 saturated carbocycles. The van der Waals surface area contributed by atoms with Crippen LogP contribution in [0.3, 0.4) is 0 Å². The minimum atomic E-state index is -4.27. The minimum Gasteiger partial charge on any atom is -0.469 e. The molecule has 100 valence electrons. The SMILES string of the molecule is COC(=O)CC1(CS(=O)CCC(F)(F)F)CC1. The first kappa shape index (κ1) is 14.5.